The minimum absolute atomic E-state index is 0. The predicted octanol–water partition coefficient (Wildman–Crippen LogP) is -18.8. The zero-order chi connectivity index (χ0) is 52.4. The van der Waals surface area contributed by atoms with E-state index in [1.165, 1.54) is 43.3 Å². The Morgan fingerprint density at radius 2 is 1.12 bits per heavy atom. The van der Waals surface area contributed by atoms with Crippen LogP contribution in [-0.2, 0) is 33.6 Å². The number of primary amides is 1. The molecule has 0 aromatic heterocycles. The number of aliphatic hydroxyl groups is 4. The van der Waals surface area contributed by atoms with Gasteiger partial charge >= 0.3 is 118 Å². The second-order valence-corrected chi connectivity index (χ2v) is 16.8. The zero-order valence-electron chi connectivity index (χ0n) is 41.7. The van der Waals surface area contributed by atoms with Crippen LogP contribution in [0.5, 0.6) is 17.2 Å². The van der Waals surface area contributed by atoms with Gasteiger partial charge in [-0.1, -0.05) is 43.3 Å². The van der Waals surface area contributed by atoms with E-state index in [1.807, 2.05) is 0 Å². The van der Waals surface area contributed by atoms with Crippen LogP contribution in [-0.4, -0.2) is 180 Å². The van der Waals surface area contributed by atoms with E-state index in [1.54, 1.807) is 37.3 Å². The van der Waals surface area contributed by atoms with E-state index in [0.29, 0.717) is 11.1 Å². The van der Waals surface area contributed by atoms with Crippen LogP contribution in [0.1, 0.15) is 55.8 Å². The molecule has 4 aliphatic rings. The molecule has 0 radical (unpaired) electrons. The van der Waals surface area contributed by atoms with Gasteiger partial charge in [0.15, 0.2) is 34.4 Å². The van der Waals surface area contributed by atoms with Gasteiger partial charge in [0.05, 0.1) is 53.1 Å². The van der Waals surface area contributed by atoms with Crippen LogP contribution in [0.3, 0.4) is 0 Å². The van der Waals surface area contributed by atoms with E-state index in [2.05, 4.69) is 0 Å². The monoisotopic (exact) mass is 1080 g/mol. The molecule has 1 amide bonds. The second-order valence-electron chi connectivity index (χ2n) is 16.8. The van der Waals surface area contributed by atoms with Gasteiger partial charge in [-0.3, -0.25) is 38.7 Å². The number of likely N-dealkylation sites (N-methyl/N-ethyl adjacent to an activating group) is 1. The summed E-state index contributed by atoms with van der Waals surface area (Å²) in [7, 11) is 2.92. The first-order valence-electron chi connectivity index (χ1n) is 20.8. The van der Waals surface area contributed by atoms with Crippen LogP contribution in [0, 0.1) is 11.8 Å². The Morgan fingerprint density at radius 3 is 1.56 bits per heavy atom. The summed E-state index contributed by atoms with van der Waals surface area (Å²) >= 11 is 0. The largest absolute Gasteiger partial charge is 1.00 e. The minimum atomic E-state index is -2.89. The Balaban J connectivity index is 0.00000112. The molecule has 0 bridgehead atoms. The van der Waals surface area contributed by atoms with Gasteiger partial charge in [0.2, 0.25) is 5.78 Å². The Morgan fingerprint density at radius 1 is 0.653 bits per heavy atom. The number of nitrogens with zero attached hydrogens (tertiary/aromatic N) is 3. The van der Waals surface area contributed by atoms with E-state index < -0.39 is 143 Å². The molecule has 0 unspecified atom stereocenters. The number of ketones is 4. The Kier molecular flexibility index (Phi) is 27.5. The van der Waals surface area contributed by atoms with Gasteiger partial charge < -0.3 is 86.6 Å². The number of nitrogens with two attached hydrogens (primary N) is 1. The summed E-state index contributed by atoms with van der Waals surface area (Å²) in [5.74, 6) is -16.7. The van der Waals surface area contributed by atoms with Gasteiger partial charge in [-0.05, 0) is 43.8 Å². The van der Waals surface area contributed by atoms with Gasteiger partial charge in [0, 0.05) is 67.4 Å². The standard InChI is InChI=1S/C22H24N2O8.C14H8O4.C10H16N2O8.4Na.H2O/c1-7-8-5-4-6-9(25)11(8)16(26)12-10(7)17(27)14-15(24(2)3)18(28)13(21(23)31)20(30)22(14,32)19(12)29;15-10-6-5-9-11(14(10)18)13(17)8-4-2-1-3-7(8)12(9)16;13-7(14)3-11(4-8(15)16)1-2-12(5-9(17)18)6-10(19)20;;;;;/h4-7,10,14-15,17,25-27,30,32H,1-3H3,(H2,23,31);1-6,15,18H;1-6H2,(H,13,14)(H,15,16)(H,17,18)(H,19,20);;;;;1H2/q;;;4*+1;/p-4/t7-,10+,14+,15-,17-,22-;;;;;;;/m0......./s1. The third kappa shape index (κ3) is 14.5. The molecule has 0 spiro atoms. The number of carboxylic acid groups (broad SMARTS) is 4. The molecule has 3 aromatic rings. The quantitative estimate of drug-likeness (QED) is 0.0350. The van der Waals surface area contributed by atoms with E-state index in [0.717, 1.165) is 9.80 Å². The van der Waals surface area contributed by atoms with Gasteiger partial charge in [0.25, 0.3) is 5.91 Å². The van der Waals surface area contributed by atoms with E-state index >= 15 is 0 Å². The molecule has 0 heterocycles. The predicted molar refractivity (Wildman–Crippen MR) is 230 cm³/mol. The van der Waals surface area contributed by atoms with Gasteiger partial charge in [-0.15, -0.1) is 0 Å². The fourth-order valence-corrected chi connectivity index (χ4v) is 9.18. The molecule has 75 heavy (non-hydrogen) atoms. The molecule has 7 rings (SSSR count). The molecule has 0 saturated heterocycles. The summed E-state index contributed by atoms with van der Waals surface area (Å²) < 4.78 is 0. The number of rotatable bonds is 13. The number of fused-ring (bicyclic) bond motifs is 5. The van der Waals surface area contributed by atoms with Crippen molar-refractivity contribution in [3.05, 3.63) is 105 Å². The van der Waals surface area contributed by atoms with Crippen molar-refractivity contribution in [3.8, 4) is 17.2 Å². The van der Waals surface area contributed by atoms with E-state index in [9.17, 15) is 99.3 Å². The Bertz CT molecular complexity index is 2740. The smallest absolute Gasteiger partial charge is 0.549 e. The maximum absolute atomic E-state index is 13.7. The average molecular weight is 1080 g/mol. The minimum Gasteiger partial charge on any atom is -0.549 e. The zero-order valence-corrected chi connectivity index (χ0v) is 49.7. The van der Waals surface area contributed by atoms with Crippen LogP contribution in [0.15, 0.2) is 71.5 Å². The number of aliphatic carboxylic acids is 4. The van der Waals surface area contributed by atoms with Crippen LogP contribution < -0.4 is 144 Å². The van der Waals surface area contributed by atoms with Crippen molar-refractivity contribution in [3.63, 3.8) is 0 Å². The van der Waals surface area contributed by atoms with Crippen molar-refractivity contribution in [2.75, 3.05) is 53.4 Å². The number of benzene rings is 3. The number of aliphatic hydroxyl groups excluding tert-OH is 3. The molecule has 0 aliphatic heterocycles. The summed E-state index contributed by atoms with van der Waals surface area (Å²) in [4.78, 5) is 108. The van der Waals surface area contributed by atoms with Crippen molar-refractivity contribution < 1.29 is 223 Å². The van der Waals surface area contributed by atoms with Gasteiger partial charge in [-0.25, -0.2) is 0 Å². The fourth-order valence-electron chi connectivity index (χ4n) is 9.18. The first-order chi connectivity index (χ1) is 32.7. The van der Waals surface area contributed by atoms with Crippen molar-refractivity contribution >= 4 is 58.7 Å². The number of aromatic hydroxyl groups is 3. The maximum Gasteiger partial charge on any atom is 1.00 e. The topological polar surface area (TPSA) is 455 Å². The van der Waals surface area contributed by atoms with Gasteiger partial charge in [0.1, 0.15) is 22.8 Å². The van der Waals surface area contributed by atoms with E-state index in [4.69, 9.17) is 5.73 Å². The van der Waals surface area contributed by atoms with Crippen LogP contribution in [0.2, 0.25) is 0 Å². The Hall–Kier alpha value is -4.07. The molecule has 380 valence electrons. The summed E-state index contributed by atoms with van der Waals surface area (Å²) in [6, 6.07) is 12.1. The molecule has 11 N–H and O–H groups in total. The second kappa shape index (κ2) is 29.1. The normalized spacial score (nSPS) is 20.7. The number of phenolic OH excluding ortho intramolecular Hbond substituents is 3. The summed E-state index contributed by atoms with van der Waals surface area (Å²) in [5.41, 5.74) is 2.03. The van der Waals surface area contributed by atoms with Crippen molar-refractivity contribution in [2.24, 2.45) is 17.6 Å². The summed E-state index contributed by atoms with van der Waals surface area (Å²) in [6.07, 6.45) is -1.59. The Labute approximate surface area is 514 Å². The number of carbonyl (C=O) groups excluding carboxylic acids is 9. The fraction of sp³-hybridized carbons (Fsp3) is 0.326. The first-order valence-corrected chi connectivity index (χ1v) is 20.8. The molecular formula is C46H46N4Na4O21. The van der Waals surface area contributed by atoms with Crippen LogP contribution in [0.25, 0.3) is 5.76 Å². The SMILES string of the molecule is C[C@H]1c2cccc(O)c2C(O)=C2C(=O)[C@]3(O)C(O)=C(C(N)=O)C(=O)[C@@H](N(C)C)[C@@H]3[C@@H](O)[C@@H]21.O.O=C([O-])CN(CCN(CC(=O)[O-])CC(=O)[O-])CC(=O)[O-].O=C1c2ccccc2C(=O)c2c1ccc(O)c2O.[Na+].[Na+].[Na+].[Na+]. The third-order valence-electron chi connectivity index (χ3n) is 12.2. The molecule has 1 fully saturated rings. The molecule has 4 aliphatic carbocycles. The number of hydrogen-bond donors (Lipinski definition) is 8. The molecule has 29 heteroatoms. The summed E-state index contributed by atoms with van der Waals surface area (Å²) in [6.45, 7) is -1.57. The number of carbonyl (C=O) groups is 9. The first kappa shape index (κ1) is 70.9. The number of carboxylic acids is 4. The average Bonchev–Trinajstić information content (AvgIpc) is 3.26. The van der Waals surface area contributed by atoms with Crippen molar-refractivity contribution in [1.82, 2.24) is 14.7 Å². The van der Waals surface area contributed by atoms with Crippen LogP contribution >= 0.6 is 0 Å². The molecule has 25 nitrogen and oxygen atoms in total. The maximum atomic E-state index is 13.7. The number of Topliss-reactive ketones (excluding diaryl/α,β-unsaturated/α-hetero) is 2. The number of hydrogen-bond acceptors (Lipinski definition) is 23. The molecule has 3 aromatic carbocycles. The number of phenols is 3. The number of amides is 1. The third-order valence-corrected chi connectivity index (χ3v) is 12.2. The van der Waals surface area contributed by atoms with Crippen molar-refractivity contribution in [2.45, 2.75) is 30.6 Å². The van der Waals surface area contributed by atoms with Crippen molar-refractivity contribution in [1.29, 1.82) is 0 Å². The van der Waals surface area contributed by atoms with E-state index in [-0.39, 0.29) is 171 Å². The molecule has 1 saturated carbocycles. The summed E-state index contributed by atoms with van der Waals surface area (Å²) in [5, 5.41) is 116. The van der Waals surface area contributed by atoms with Gasteiger partial charge in [-0.2, -0.15) is 0 Å². The molecule has 6 atom stereocenters. The molecular weight excluding hydrogens is 1040 g/mol. The van der Waals surface area contributed by atoms with Crippen LogP contribution in [0.4, 0.5) is 0 Å².